The van der Waals surface area contributed by atoms with E-state index in [2.05, 4.69) is 119 Å². The Morgan fingerprint density at radius 2 is 1.27 bits per heavy atom. The molecule has 0 unspecified atom stereocenters. The van der Waals surface area contributed by atoms with Gasteiger partial charge in [-0.15, -0.1) is 0 Å². The quantitative estimate of drug-likeness (QED) is 0.189. The molecule has 0 saturated heterocycles. The Bertz CT molecular complexity index is 2490. The van der Waals surface area contributed by atoms with Gasteiger partial charge in [-0.1, -0.05) is 66.7 Å². The monoisotopic (exact) mass is 564 g/mol. The number of ether oxygens (including phenoxy) is 2. The van der Waals surface area contributed by atoms with Crippen LogP contribution in [-0.4, -0.2) is 11.3 Å². The van der Waals surface area contributed by atoms with Gasteiger partial charge < -0.3 is 18.5 Å². The van der Waals surface area contributed by atoms with Crippen LogP contribution in [0.2, 0.25) is 0 Å². The Balaban J connectivity index is 1.18. The second-order valence-corrected chi connectivity index (χ2v) is 11.7. The second-order valence-electron chi connectivity index (χ2n) is 11.7. The van der Waals surface area contributed by atoms with Crippen molar-refractivity contribution in [3.8, 4) is 28.7 Å². The van der Waals surface area contributed by atoms with Gasteiger partial charge in [0.2, 0.25) is 5.88 Å². The Kier molecular flexibility index (Phi) is 4.09. The van der Waals surface area contributed by atoms with Gasteiger partial charge in [0.1, 0.15) is 17.1 Å². The Hall–Kier alpha value is -5.88. The number of anilines is 3. The van der Waals surface area contributed by atoms with Crippen LogP contribution in [0.15, 0.2) is 132 Å². The lowest BCUT2D eigenvalue weighted by Gasteiger charge is -2.41. The van der Waals surface area contributed by atoms with Crippen molar-refractivity contribution in [2.75, 3.05) is 4.90 Å². The maximum atomic E-state index is 6.68. The van der Waals surface area contributed by atoms with Crippen LogP contribution in [0.25, 0.3) is 38.5 Å². The molecule has 3 aliphatic rings. The average molecular weight is 564 g/mol. The lowest BCUT2D eigenvalue weighted by Crippen LogP contribution is -2.59. The maximum absolute atomic E-state index is 6.68. The number of furan rings is 1. The van der Waals surface area contributed by atoms with E-state index in [1.54, 1.807) is 0 Å². The zero-order valence-electron chi connectivity index (χ0n) is 23.3. The fourth-order valence-electron chi connectivity index (χ4n) is 7.69. The van der Waals surface area contributed by atoms with Crippen molar-refractivity contribution in [1.29, 1.82) is 0 Å². The molecule has 6 aromatic carbocycles. The molecule has 5 nitrogen and oxygen atoms in total. The van der Waals surface area contributed by atoms with Crippen molar-refractivity contribution in [2.24, 2.45) is 0 Å². The number of hydrogen-bond acceptors (Lipinski definition) is 4. The molecular weight excluding hydrogens is 543 g/mol. The van der Waals surface area contributed by atoms with Crippen LogP contribution < -0.4 is 30.8 Å². The summed E-state index contributed by atoms with van der Waals surface area (Å²) >= 11 is 0. The van der Waals surface area contributed by atoms with Gasteiger partial charge in [0.25, 0.3) is 6.71 Å². The molecular formula is C38H21BN2O3. The van der Waals surface area contributed by atoms with Crippen LogP contribution in [-0.2, 0) is 0 Å². The highest BCUT2D eigenvalue weighted by molar-refractivity contribution is 6.99. The first-order chi connectivity index (χ1) is 21.8. The molecule has 3 aliphatic heterocycles. The fourth-order valence-corrected chi connectivity index (χ4v) is 7.69. The number of fused-ring (bicyclic) bond motifs is 11. The molecule has 0 radical (unpaired) electrons. The summed E-state index contributed by atoms with van der Waals surface area (Å²) in [6.07, 6.45) is 0. The van der Waals surface area contributed by atoms with Gasteiger partial charge >= 0.3 is 0 Å². The maximum Gasteiger partial charge on any atom is 0.256 e. The number of hydrogen-bond donors (Lipinski definition) is 0. The van der Waals surface area contributed by atoms with Crippen molar-refractivity contribution in [3.05, 3.63) is 127 Å². The minimum atomic E-state index is -0.0429. The van der Waals surface area contributed by atoms with Gasteiger partial charge in [-0.25, -0.2) is 0 Å². The molecule has 5 heterocycles. The summed E-state index contributed by atoms with van der Waals surface area (Å²) in [5.74, 6) is 4.00. The SMILES string of the molecule is c1cc2c3c(c1)B1c4cc(-n5c6ccccc6c6ccccc65)ccc4Oc4cccc(c41)N3c1oc3ccccc3c1O2. The average Bonchev–Trinajstić information content (AvgIpc) is 3.61. The topological polar surface area (TPSA) is 39.8 Å². The van der Waals surface area contributed by atoms with Crippen LogP contribution in [0.3, 0.4) is 0 Å². The van der Waals surface area contributed by atoms with E-state index in [-0.39, 0.29) is 6.71 Å². The molecule has 11 rings (SSSR count). The smallest absolute Gasteiger partial charge is 0.256 e. The van der Waals surface area contributed by atoms with E-state index in [1.807, 2.05) is 18.2 Å². The summed E-state index contributed by atoms with van der Waals surface area (Å²) in [7, 11) is 0. The Labute approximate surface area is 252 Å². The zero-order chi connectivity index (χ0) is 28.5. The molecule has 0 spiro atoms. The number of nitrogens with zero attached hydrogens (tertiary/aromatic N) is 2. The lowest BCUT2D eigenvalue weighted by molar-refractivity contribution is 0.463. The standard InChI is InChI=1S/C38H21BN2O3/c1-4-13-28-23(9-1)24-10-2-5-14-29(24)40(28)22-19-20-32-27(21-22)39-26-12-7-18-34-36(26)41(30-15-8-17-33(42-32)35(30)39)38-37(43-34)25-11-3-6-16-31(25)44-38/h1-21H. The number of rotatable bonds is 1. The molecule has 44 heavy (non-hydrogen) atoms. The summed E-state index contributed by atoms with van der Waals surface area (Å²) in [4.78, 5) is 2.23. The largest absolute Gasteiger partial charge is 0.458 e. The third-order valence-electron chi connectivity index (χ3n) is 9.45. The van der Waals surface area contributed by atoms with Crippen molar-refractivity contribution in [2.45, 2.75) is 0 Å². The number of aromatic nitrogens is 1. The zero-order valence-corrected chi connectivity index (χ0v) is 23.3. The molecule has 6 heteroatoms. The van der Waals surface area contributed by atoms with E-state index in [0.717, 1.165) is 67.4 Å². The Morgan fingerprint density at radius 1 is 0.545 bits per heavy atom. The highest BCUT2D eigenvalue weighted by Gasteiger charge is 2.46. The number of benzene rings is 6. The van der Waals surface area contributed by atoms with E-state index in [4.69, 9.17) is 13.9 Å². The first-order valence-electron chi connectivity index (χ1n) is 14.9. The molecule has 0 fully saturated rings. The van der Waals surface area contributed by atoms with E-state index >= 15 is 0 Å². The van der Waals surface area contributed by atoms with Gasteiger partial charge in [-0.3, -0.25) is 4.90 Å². The van der Waals surface area contributed by atoms with E-state index in [0.29, 0.717) is 5.88 Å². The van der Waals surface area contributed by atoms with Crippen molar-refractivity contribution < 1.29 is 13.9 Å². The normalized spacial score (nSPS) is 13.7. The van der Waals surface area contributed by atoms with Crippen LogP contribution in [0.1, 0.15) is 0 Å². The van der Waals surface area contributed by atoms with Gasteiger partial charge in [-0.2, -0.15) is 0 Å². The van der Waals surface area contributed by atoms with E-state index in [9.17, 15) is 0 Å². The summed E-state index contributed by atoms with van der Waals surface area (Å²) in [6.45, 7) is -0.0429. The van der Waals surface area contributed by atoms with Crippen LogP contribution in [0.4, 0.5) is 17.3 Å². The predicted octanol–water partition coefficient (Wildman–Crippen LogP) is 8.04. The molecule has 2 aromatic heterocycles. The molecule has 204 valence electrons. The minimum Gasteiger partial charge on any atom is -0.458 e. The molecule has 0 saturated carbocycles. The van der Waals surface area contributed by atoms with Crippen molar-refractivity contribution >= 4 is 73.1 Å². The van der Waals surface area contributed by atoms with E-state index in [1.165, 1.54) is 21.8 Å². The molecule has 0 bridgehead atoms. The lowest BCUT2D eigenvalue weighted by atomic mass is 9.34. The third-order valence-corrected chi connectivity index (χ3v) is 9.45. The summed E-state index contributed by atoms with van der Waals surface area (Å²) in [6, 6.07) is 44.6. The van der Waals surface area contributed by atoms with Crippen LogP contribution in [0, 0.1) is 0 Å². The summed E-state index contributed by atoms with van der Waals surface area (Å²) < 4.78 is 22.2. The molecule has 0 atom stereocenters. The van der Waals surface area contributed by atoms with Crippen molar-refractivity contribution in [1.82, 2.24) is 4.57 Å². The minimum absolute atomic E-state index is 0.0429. The highest BCUT2D eigenvalue weighted by Crippen LogP contribution is 2.55. The van der Waals surface area contributed by atoms with Crippen molar-refractivity contribution in [3.63, 3.8) is 0 Å². The Morgan fingerprint density at radius 3 is 2.11 bits per heavy atom. The molecule has 0 amide bonds. The van der Waals surface area contributed by atoms with Gasteiger partial charge in [0.05, 0.1) is 22.1 Å². The highest BCUT2D eigenvalue weighted by atomic mass is 16.5. The van der Waals surface area contributed by atoms with Gasteiger partial charge in [-0.05, 0) is 77.1 Å². The molecule has 0 aliphatic carbocycles. The molecule has 8 aromatic rings. The fraction of sp³-hybridized carbons (Fsp3) is 0. The van der Waals surface area contributed by atoms with Gasteiger partial charge in [0.15, 0.2) is 11.5 Å². The van der Waals surface area contributed by atoms with Crippen LogP contribution >= 0.6 is 0 Å². The third kappa shape index (κ3) is 2.72. The first kappa shape index (κ1) is 22.7. The summed E-state index contributed by atoms with van der Waals surface area (Å²) in [5.41, 5.74) is 9.77. The second kappa shape index (κ2) is 7.94. The molecule has 0 N–H and O–H groups in total. The van der Waals surface area contributed by atoms with E-state index < -0.39 is 0 Å². The summed E-state index contributed by atoms with van der Waals surface area (Å²) in [5, 5.41) is 3.45. The van der Waals surface area contributed by atoms with Crippen LogP contribution in [0.5, 0.6) is 23.0 Å². The first-order valence-corrected chi connectivity index (χ1v) is 14.9. The van der Waals surface area contributed by atoms with Gasteiger partial charge in [0, 0.05) is 22.1 Å². The number of para-hydroxylation sites is 4. The predicted molar refractivity (Wildman–Crippen MR) is 176 cm³/mol.